The van der Waals surface area contributed by atoms with Gasteiger partial charge in [0.25, 0.3) is 0 Å². The van der Waals surface area contributed by atoms with E-state index in [2.05, 4.69) is 12.1 Å². The van der Waals surface area contributed by atoms with Crippen molar-refractivity contribution in [3.63, 3.8) is 0 Å². The van der Waals surface area contributed by atoms with Crippen molar-refractivity contribution in [2.75, 3.05) is 0 Å². The summed E-state index contributed by atoms with van der Waals surface area (Å²) in [4.78, 5) is 10.8. The fraction of sp³-hybridized carbons (Fsp3) is 0.600. The highest BCUT2D eigenvalue weighted by Crippen LogP contribution is 2.36. The van der Waals surface area contributed by atoms with Crippen LogP contribution in [0.25, 0.3) is 0 Å². The molecule has 76 valence electrons. The van der Waals surface area contributed by atoms with E-state index in [0.29, 0.717) is 5.92 Å². The molecule has 0 unspecified atom stereocenters. The molecule has 4 nitrogen and oxygen atoms in total. The predicted molar refractivity (Wildman–Crippen MR) is 49.4 cm³/mol. The van der Waals surface area contributed by atoms with Gasteiger partial charge in [-0.25, -0.2) is 4.79 Å². The second-order valence-corrected chi connectivity index (χ2v) is 4.12. The Balaban J connectivity index is 2.46. The molecule has 0 radical (unpaired) electrons. The van der Waals surface area contributed by atoms with Crippen LogP contribution >= 0.6 is 0 Å². The molecule has 0 saturated carbocycles. The maximum Gasteiger partial charge on any atom is 0.358 e. The van der Waals surface area contributed by atoms with Crippen molar-refractivity contribution >= 4 is 5.97 Å². The average Bonchev–Trinajstić information content (AvgIpc) is 2.47. The number of carbonyl (C=O) groups is 1. The molecule has 14 heavy (non-hydrogen) atoms. The molecule has 1 N–H and O–H groups in total. The zero-order valence-electron chi connectivity index (χ0n) is 8.28. The minimum atomic E-state index is -0.989. The Morgan fingerprint density at radius 3 is 2.93 bits per heavy atom. The molecule has 1 heterocycles. The molecule has 4 heteroatoms. The lowest BCUT2D eigenvalue weighted by atomic mass is 9.81. The van der Waals surface area contributed by atoms with E-state index in [1.165, 1.54) is 0 Å². The third-order valence-corrected chi connectivity index (χ3v) is 2.79. The van der Waals surface area contributed by atoms with Gasteiger partial charge in [0.1, 0.15) is 5.76 Å². The van der Waals surface area contributed by atoms with Crippen molar-refractivity contribution in [2.24, 2.45) is 5.92 Å². The number of nitrogens with zero attached hydrogens (tertiary/aromatic N) is 1. The Hall–Kier alpha value is -1.32. The van der Waals surface area contributed by atoms with E-state index in [1.54, 1.807) is 0 Å². The fourth-order valence-corrected chi connectivity index (χ4v) is 2.26. The molecule has 1 aliphatic rings. The Morgan fingerprint density at radius 1 is 1.57 bits per heavy atom. The molecule has 1 aromatic heterocycles. The summed E-state index contributed by atoms with van der Waals surface area (Å²) in [6.45, 7) is 4.17. The number of carboxylic acid groups (broad SMARTS) is 1. The lowest BCUT2D eigenvalue weighted by molar-refractivity contribution is 0.0684. The Bertz CT molecular complexity index is 369. The van der Waals surface area contributed by atoms with Crippen molar-refractivity contribution in [1.82, 2.24) is 5.16 Å². The van der Waals surface area contributed by atoms with Crippen molar-refractivity contribution < 1.29 is 14.4 Å². The third kappa shape index (κ3) is 1.31. The number of hydrogen-bond acceptors (Lipinski definition) is 3. The second kappa shape index (κ2) is 3.12. The summed E-state index contributed by atoms with van der Waals surface area (Å²) in [6.07, 6.45) is 1.81. The van der Waals surface area contributed by atoms with Crippen LogP contribution in [0.1, 0.15) is 48.0 Å². The first kappa shape index (κ1) is 9.24. The van der Waals surface area contributed by atoms with E-state index in [-0.39, 0.29) is 11.6 Å². The molecular formula is C10H13NO3. The number of fused-ring (bicyclic) bond motifs is 1. The molecule has 0 spiro atoms. The normalized spacial score (nSPS) is 25.9. The lowest BCUT2D eigenvalue weighted by Crippen LogP contribution is -2.15. The molecule has 0 aromatic carbocycles. The van der Waals surface area contributed by atoms with Gasteiger partial charge >= 0.3 is 5.97 Å². The highest BCUT2D eigenvalue weighted by Gasteiger charge is 2.31. The van der Waals surface area contributed by atoms with E-state index in [9.17, 15) is 4.79 Å². The smallest absolute Gasteiger partial charge is 0.358 e. The summed E-state index contributed by atoms with van der Waals surface area (Å²) >= 11 is 0. The molecule has 2 rings (SSSR count). The van der Waals surface area contributed by atoms with Crippen molar-refractivity contribution in [3.8, 4) is 0 Å². The quantitative estimate of drug-likeness (QED) is 0.744. The molecule has 0 fully saturated rings. The van der Waals surface area contributed by atoms with Gasteiger partial charge < -0.3 is 9.63 Å². The van der Waals surface area contributed by atoms with Gasteiger partial charge in [-0.3, -0.25) is 0 Å². The van der Waals surface area contributed by atoms with Crippen LogP contribution < -0.4 is 0 Å². The highest BCUT2D eigenvalue weighted by molar-refractivity contribution is 5.87. The first-order valence-corrected chi connectivity index (χ1v) is 4.81. The number of aromatic carboxylic acids is 1. The lowest BCUT2D eigenvalue weighted by Gasteiger charge is -2.22. The standard InChI is InChI=1S/C10H13NO3/c1-5-3-6(2)8-7(4-5)14-11-9(8)10(12)13/h5-6H,3-4H2,1-2H3,(H,12,13)/t5-,6-/m1/s1. The minimum absolute atomic E-state index is 0.0967. The van der Waals surface area contributed by atoms with Crippen LogP contribution in [-0.2, 0) is 6.42 Å². The summed E-state index contributed by atoms with van der Waals surface area (Å²) in [6, 6.07) is 0. The molecular weight excluding hydrogens is 182 g/mol. The van der Waals surface area contributed by atoms with Gasteiger partial charge in [0.15, 0.2) is 5.69 Å². The zero-order chi connectivity index (χ0) is 10.3. The summed E-state index contributed by atoms with van der Waals surface area (Å²) in [7, 11) is 0. The molecule has 1 aliphatic carbocycles. The van der Waals surface area contributed by atoms with Crippen LogP contribution in [0, 0.1) is 5.92 Å². The third-order valence-electron chi connectivity index (χ3n) is 2.79. The van der Waals surface area contributed by atoms with Gasteiger partial charge in [-0.1, -0.05) is 19.0 Å². The van der Waals surface area contributed by atoms with E-state index in [1.807, 2.05) is 6.92 Å². The van der Waals surface area contributed by atoms with Gasteiger partial charge in [-0.15, -0.1) is 0 Å². The minimum Gasteiger partial charge on any atom is -0.476 e. The molecule has 2 atom stereocenters. The van der Waals surface area contributed by atoms with Crippen LogP contribution in [0.4, 0.5) is 0 Å². The number of hydrogen-bond donors (Lipinski definition) is 1. The fourth-order valence-electron chi connectivity index (χ4n) is 2.26. The zero-order valence-corrected chi connectivity index (χ0v) is 8.28. The topological polar surface area (TPSA) is 63.3 Å². The largest absolute Gasteiger partial charge is 0.476 e. The van der Waals surface area contributed by atoms with Crippen molar-refractivity contribution in [3.05, 3.63) is 17.0 Å². The van der Waals surface area contributed by atoms with Gasteiger partial charge in [0, 0.05) is 12.0 Å². The Kier molecular flexibility index (Phi) is 2.06. The van der Waals surface area contributed by atoms with Crippen LogP contribution in [0.3, 0.4) is 0 Å². The maximum absolute atomic E-state index is 10.8. The first-order valence-electron chi connectivity index (χ1n) is 4.81. The molecule has 0 amide bonds. The maximum atomic E-state index is 10.8. The number of aromatic nitrogens is 1. The molecule has 0 saturated heterocycles. The second-order valence-electron chi connectivity index (χ2n) is 4.12. The van der Waals surface area contributed by atoms with E-state index in [4.69, 9.17) is 9.63 Å². The summed E-state index contributed by atoms with van der Waals surface area (Å²) < 4.78 is 5.06. The number of carboxylic acids is 1. The first-order chi connectivity index (χ1) is 6.59. The molecule has 1 aromatic rings. The Labute approximate surface area is 81.9 Å². The highest BCUT2D eigenvalue weighted by atomic mass is 16.5. The predicted octanol–water partition coefficient (Wildman–Crippen LogP) is 2.06. The van der Waals surface area contributed by atoms with Crippen LogP contribution in [-0.4, -0.2) is 16.2 Å². The van der Waals surface area contributed by atoms with Crippen LogP contribution in [0.2, 0.25) is 0 Å². The Morgan fingerprint density at radius 2 is 2.29 bits per heavy atom. The summed E-state index contributed by atoms with van der Waals surface area (Å²) in [5.74, 6) is 0.559. The van der Waals surface area contributed by atoms with Gasteiger partial charge in [0.05, 0.1) is 0 Å². The van der Waals surface area contributed by atoms with Gasteiger partial charge in [-0.2, -0.15) is 0 Å². The monoisotopic (exact) mass is 195 g/mol. The summed E-state index contributed by atoms with van der Waals surface area (Å²) in [5.41, 5.74) is 0.898. The summed E-state index contributed by atoms with van der Waals surface area (Å²) in [5, 5.41) is 12.5. The van der Waals surface area contributed by atoms with Crippen LogP contribution in [0.5, 0.6) is 0 Å². The van der Waals surface area contributed by atoms with E-state index < -0.39 is 5.97 Å². The SMILES string of the molecule is C[C@H]1Cc2onc(C(=O)O)c2[C@H](C)C1. The van der Waals surface area contributed by atoms with E-state index in [0.717, 1.165) is 24.2 Å². The molecule has 0 aliphatic heterocycles. The molecule has 0 bridgehead atoms. The van der Waals surface area contributed by atoms with Gasteiger partial charge in [0.2, 0.25) is 0 Å². The van der Waals surface area contributed by atoms with Crippen molar-refractivity contribution in [2.45, 2.75) is 32.6 Å². The van der Waals surface area contributed by atoms with Gasteiger partial charge in [-0.05, 0) is 18.3 Å². The van der Waals surface area contributed by atoms with Crippen LogP contribution in [0.15, 0.2) is 4.52 Å². The van der Waals surface area contributed by atoms with Crippen molar-refractivity contribution in [1.29, 1.82) is 0 Å². The number of rotatable bonds is 1. The van der Waals surface area contributed by atoms with E-state index >= 15 is 0 Å². The average molecular weight is 195 g/mol.